The van der Waals surface area contributed by atoms with Gasteiger partial charge in [-0.25, -0.2) is 0 Å². The normalized spacial score (nSPS) is 17.3. The number of rotatable bonds is 13. The molecule has 2 N–H and O–H groups in total. The summed E-state index contributed by atoms with van der Waals surface area (Å²) in [4.78, 5) is 7.45. The molecule has 2 aromatic rings. The number of aryl methyl sites for hydroxylation is 1. The Morgan fingerprint density at radius 2 is 1.59 bits per heavy atom. The van der Waals surface area contributed by atoms with Crippen LogP contribution in [0.25, 0.3) is 0 Å². The van der Waals surface area contributed by atoms with Crippen LogP contribution >= 0.6 is 0 Å². The Morgan fingerprint density at radius 3 is 2.13 bits per heavy atom. The Hall–Kier alpha value is -3.23. The number of alkyl halides is 1. The van der Waals surface area contributed by atoms with Gasteiger partial charge in [0.1, 0.15) is 11.5 Å². The van der Waals surface area contributed by atoms with Gasteiger partial charge in [-0.15, -0.1) is 13.2 Å². The van der Waals surface area contributed by atoms with Crippen molar-refractivity contribution in [2.45, 2.75) is 64.9 Å². The highest BCUT2D eigenvalue weighted by molar-refractivity contribution is 5.30. The van der Waals surface area contributed by atoms with E-state index in [9.17, 15) is 9.50 Å². The molecule has 2 saturated heterocycles. The Labute approximate surface area is 278 Å². The fourth-order valence-electron chi connectivity index (χ4n) is 5.77. The molecule has 2 aliphatic heterocycles. The lowest BCUT2D eigenvalue weighted by molar-refractivity contribution is -0.0257. The first-order chi connectivity index (χ1) is 22.2. The third-order valence-corrected chi connectivity index (χ3v) is 8.19. The second-order valence-corrected chi connectivity index (χ2v) is 12.2. The summed E-state index contributed by atoms with van der Waals surface area (Å²) in [5, 5.41) is 13.4. The molecular weight excluding hydrogens is 575 g/mol. The fraction of sp³-hybridized carbons (Fsp3) is 0.487. The quantitative estimate of drug-likeness (QED) is 0.103. The smallest absolute Gasteiger partial charge is 0.242 e. The molecule has 0 aromatic heterocycles. The molecule has 6 nitrogen and oxygen atoms in total. The van der Waals surface area contributed by atoms with Gasteiger partial charge in [-0.05, 0) is 94.2 Å². The molecular formula is C39H59FN4O2. The molecule has 0 unspecified atom stereocenters. The van der Waals surface area contributed by atoms with E-state index in [-0.39, 0.29) is 0 Å². The number of benzene rings is 2. The van der Waals surface area contributed by atoms with Crippen molar-refractivity contribution < 1.29 is 14.2 Å². The molecule has 0 spiro atoms. The van der Waals surface area contributed by atoms with Gasteiger partial charge in [-0.1, -0.05) is 61.2 Å². The van der Waals surface area contributed by atoms with E-state index >= 15 is 0 Å². The van der Waals surface area contributed by atoms with E-state index in [1.165, 1.54) is 50.7 Å². The summed E-state index contributed by atoms with van der Waals surface area (Å²) in [5.74, 6) is -0.693. The molecule has 2 fully saturated rings. The first kappa shape index (κ1) is 39.0. The predicted octanol–water partition coefficient (Wildman–Crippen LogP) is 7.57. The topological polar surface area (TPSA) is 51.2 Å². The SMILES string of the molecule is C=C.C=CC(=C/C)/C=C(/O)CN1CCN(C2CCN(Cc3ccc(OC(C)(C)F)cc3)CC2)CC1.CNCCCc1ccccc1. The van der Waals surface area contributed by atoms with Crippen LogP contribution in [0.15, 0.2) is 104 Å². The third-order valence-electron chi connectivity index (χ3n) is 8.19. The minimum absolute atomic E-state index is 0.401. The van der Waals surface area contributed by atoms with E-state index < -0.39 is 5.85 Å². The Morgan fingerprint density at radius 1 is 0.957 bits per heavy atom. The van der Waals surface area contributed by atoms with Crippen LogP contribution in [0.3, 0.4) is 0 Å². The molecule has 0 bridgehead atoms. The highest BCUT2D eigenvalue weighted by atomic mass is 19.2. The van der Waals surface area contributed by atoms with Gasteiger partial charge in [-0.2, -0.15) is 4.39 Å². The zero-order chi connectivity index (χ0) is 33.8. The number of likely N-dealkylation sites (tertiary alicyclic amines) is 1. The lowest BCUT2D eigenvalue weighted by Gasteiger charge is -2.42. The molecule has 0 radical (unpaired) electrons. The third kappa shape index (κ3) is 15.4. The first-order valence-corrected chi connectivity index (χ1v) is 16.7. The number of nitrogens with zero attached hydrogens (tertiary/aromatic N) is 3. The number of aliphatic hydroxyl groups excluding tert-OH is 1. The van der Waals surface area contributed by atoms with Crippen molar-refractivity contribution in [3.8, 4) is 5.75 Å². The van der Waals surface area contributed by atoms with Gasteiger partial charge in [0, 0.05) is 52.6 Å². The Balaban J connectivity index is 0.000000475. The van der Waals surface area contributed by atoms with Crippen LogP contribution in [0.1, 0.15) is 51.2 Å². The van der Waals surface area contributed by atoms with Crippen LogP contribution in [0.4, 0.5) is 4.39 Å². The summed E-state index contributed by atoms with van der Waals surface area (Å²) in [6.45, 7) is 23.5. The van der Waals surface area contributed by atoms with Crippen LogP contribution in [-0.2, 0) is 13.0 Å². The fourth-order valence-corrected chi connectivity index (χ4v) is 5.77. The maximum Gasteiger partial charge on any atom is 0.242 e. The summed E-state index contributed by atoms with van der Waals surface area (Å²) in [6.07, 6.45) is 10.3. The Kier molecular flexibility index (Phi) is 18.2. The van der Waals surface area contributed by atoms with Crippen LogP contribution in [0.2, 0.25) is 0 Å². The second-order valence-electron chi connectivity index (χ2n) is 12.2. The van der Waals surface area contributed by atoms with Gasteiger partial charge in [-0.3, -0.25) is 14.7 Å². The average molecular weight is 635 g/mol. The molecule has 2 heterocycles. The highest BCUT2D eigenvalue weighted by Crippen LogP contribution is 2.23. The molecule has 0 amide bonds. The van der Waals surface area contributed by atoms with Gasteiger partial charge >= 0.3 is 0 Å². The van der Waals surface area contributed by atoms with Crippen LogP contribution in [0.5, 0.6) is 5.75 Å². The lowest BCUT2D eigenvalue weighted by Crippen LogP contribution is -2.53. The zero-order valence-electron chi connectivity index (χ0n) is 28.9. The minimum Gasteiger partial charge on any atom is -0.511 e. The second kappa shape index (κ2) is 21.5. The first-order valence-electron chi connectivity index (χ1n) is 16.7. The number of halogens is 1. The van der Waals surface area contributed by atoms with Crippen molar-refractivity contribution >= 4 is 0 Å². The predicted molar refractivity (Wildman–Crippen MR) is 193 cm³/mol. The molecule has 0 atom stereocenters. The van der Waals surface area contributed by atoms with Gasteiger partial charge in [0.2, 0.25) is 5.85 Å². The van der Waals surface area contributed by atoms with Crippen molar-refractivity contribution in [3.63, 3.8) is 0 Å². The van der Waals surface area contributed by atoms with Gasteiger partial charge < -0.3 is 15.2 Å². The van der Waals surface area contributed by atoms with Crippen LogP contribution < -0.4 is 10.1 Å². The summed E-state index contributed by atoms with van der Waals surface area (Å²) in [7, 11) is 1.99. The number of piperazine rings is 1. The van der Waals surface area contributed by atoms with E-state index in [1.807, 2.05) is 44.3 Å². The Bertz CT molecular complexity index is 1160. The molecule has 2 aliphatic rings. The summed E-state index contributed by atoms with van der Waals surface area (Å²) < 4.78 is 18.9. The lowest BCUT2D eigenvalue weighted by atomic mass is 10.0. The van der Waals surface area contributed by atoms with Crippen LogP contribution in [-0.4, -0.2) is 91.1 Å². The van der Waals surface area contributed by atoms with Crippen molar-refractivity contribution in [3.05, 3.63) is 115 Å². The number of hydrogen-bond donors (Lipinski definition) is 2. The van der Waals surface area contributed by atoms with Crippen molar-refractivity contribution in [1.82, 2.24) is 20.0 Å². The monoisotopic (exact) mass is 634 g/mol. The van der Waals surface area contributed by atoms with E-state index in [0.29, 0.717) is 24.1 Å². The highest BCUT2D eigenvalue weighted by Gasteiger charge is 2.27. The number of piperidine rings is 1. The number of allylic oxidation sites excluding steroid dienone is 4. The molecule has 2 aromatic carbocycles. The van der Waals surface area contributed by atoms with Crippen molar-refractivity contribution in [1.29, 1.82) is 0 Å². The average Bonchev–Trinajstić information content (AvgIpc) is 3.06. The largest absolute Gasteiger partial charge is 0.511 e. The molecule has 7 heteroatoms. The van der Waals surface area contributed by atoms with E-state index in [1.54, 1.807) is 12.2 Å². The molecule has 0 aliphatic carbocycles. The van der Waals surface area contributed by atoms with Gasteiger partial charge in [0.15, 0.2) is 0 Å². The summed E-state index contributed by atoms with van der Waals surface area (Å²) >= 11 is 0. The van der Waals surface area contributed by atoms with Crippen LogP contribution in [0, 0.1) is 0 Å². The number of ether oxygens (including phenoxy) is 1. The number of nitrogens with one attached hydrogen (secondary N) is 1. The summed E-state index contributed by atoms with van der Waals surface area (Å²) in [5.41, 5.74) is 3.62. The van der Waals surface area contributed by atoms with E-state index in [0.717, 1.165) is 57.9 Å². The van der Waals surface area contributed by atoms with Gasteiger partial charge in [0.25, 0.3) is 0 Å². The maximum absolute atomic E-state index is 13.6. The van der Waals surface area contributed by atoms with Gasteiger partial charge in [0.05, 0.1) is 6.54 Å². The minimum atomic E-state index is -1.66. The standard InChI is InChI=1S/C27H40FN3O2.C10H15N.C2H4/c1-5-22(6-2)19-25(32)21-30-15-17-31(18-16-30)24-11-13-29(14-12-24)20-23-7-9-26(10-8-23)33-27(3,4)28;1-11-9-5-8-10-6-3-2-4-7-10;1-2/h5-10,19,24,32H,1,11-18,20-21H2,2-4H3;2-4,6-7,11H,5,8-9H2,1H3;1-2H2/b22-6-,25-19+;;. The molecule has 254 valence electrons. The summed E-state index contributed by atoms with van der Waals surface area (Å²) in [6, 6.07) is 19.0. The zero-order valence-corrected chi connectivity index (χ0v) is 28.9. The molecule has 4 rings (SSSR count). The van der Waals surface area contributed by atoms with Crippen molar-refractivity contribution in [2.75, 3.05) is 59.4 Å². The molecule has 0 saturated carbocycles. The number of aliphatic hydroxyl groups is 1. The maximum atomic E-state index is 13.6. The van der Waals surface area contributed by atoms with E-state index in [2.05, 4.69) is 70.1 Å². The van der Waals surface area contributed by atoms with E-state index in [4.69, 9.17) is 4.74 Å². The molecule has 46 heavy (non-hydrogen) atoms. The number of hydrogen-bond acceptors (Lipinski definition) is 6. The van der Waals surface area contributed by atoms with Crippen molar-refractivity contribution in [2.24, 2.45) is 0 Å².